The number of aryl methyl sites for hydroxylation is 1. The molecule has 4 heteroatoms. The van der Waals surface area contributed by atoms with E-state index >= 15 is 0 Å². The molecule has 0 fully saturated rings. The van der Waals surface area contributed by atoms with Gasteiger partial charge < -0.3 is 5.73 Å². The third-order valence-electron chi connectivity index (χ3n) is 2.50. The van der Waals surface area contributed by atoms with Crippen molar-refractivity contribution in [3.63, 3.8) is 0 Å². The molecule has 0 aliphatic carbocycles. The van der Waals surface area contributed by atoms with Crippen molar-refractivity contribution in [2.75, 3.05) is 0 Å². The van der Waals surface area contributed by atoms with Gasteiger partial charge in [-0.25, -0.2) is 4.98 Å². The SMILES string of the molecule is Cn1nc(-c2ccccc2)nc1CC(C)(C)N. The second-order valence-corrected chi connectivity index (χ2v) is 5.01. The van der Waals surface area contributed by atoms with Crippen LogP contribution in [0.5, 0.6) is 0 Å². The van der Waals surface area contributed by atoms with Crippen molar-refractivity contribution in [1.82, 2.24) is 14.8 Å². The molecular weight excluding hydrogens is 212 g/mol. The number of hydrogen-bond acceptors (Lipinski definition) is 3. The minimum Gasteiger partial charge on any atom is -0.325 e. The summed E-state index contributed by atoms with van der Waals surface area (Å²) < 4.78 is 1.80. The van der Waals surface area contributed by atoms with Crippen LogP contribution in [0.4, 0.5) is 0 Å². The molecule has 17 heavy (non-hydrogen) atoms. The largest absolute Gasteiger partial charge is 0.325 e. The molecule has 1 aromatic carbocycles. The Morgan fingerprint density at radius 3 is 2.47 bits per heavy atom. The Hall–Kier alpha value is -1.68. The molecule has 0 aliphatic rings. The van der Waals surface area contributed by atoms with Crippen LogP contribution >= 0.6 is 0 Å². The van der Waals surface area contributed by atoms with E-state index in [-0.39, 0.29) is 5.54 Å². The normalized spacial score (nSPS) is 11.8. The van der Waals surface area contributed by atoms with E-state index in [1.54, 1.807) is 4.68 Å². The molecule has 90 valence electrons. The fourth-order valence-corrected chi connectivity index (χ4v) is 1.69. The maximum atomic E-state index is 6.00. The molecule has 0 saturated carbocycles. The monoisotopic (exact) mass is 230 g/mol. The molecule has 0 radical (unpaired) electrons. The van der Waals surface area contributed by atoms with Crippen LogP contribution in [-0.2, 0) is 13.5 Å². The molecule has 0 atom stereocenters. The van der Waals surface area contributed by atoms with E-state index in [1.807, 2.05) is 51.2 Å². The molecule has 0 unspecified atom stereocenters. The minimum absolute atomic E-state index is 0.269. The second kappa shape index (κ2) is 4.30. The summed E-state index contributed by atoms with van der Waals surface area (Å²) in [7, 11) is 1.90. The second-order valence-electron chi connectivity index (χ2n) is 5.01. The van der Waals surface area contributed by atoms with Gasteiger partial charge in [-0.05, 0) is 13.8 Å². The van der Waals surface area contributed by atoms with Gasteiger partial charge in [-0.3, -0.25) is 4.68 Å². The maximum absolute atomic E-state index is 6.00. The number of aromatic nitrogens is 3. The van der Waals surface area contributed by atoms with Crippen LogP contribution < -0.4 is 5.73 Å². The number of nitrogens with zero attached hydrogens (tertiary/aromatic N) is 3. The van der Waals surface area contributed by atoms with Crippen molar-refractivity contribution in [3.8, 4) is 11.4 Å². The topological polar surface area (TPSA) is 56.7 Å². The Kier molecular flexibility index (Phi) is 2.98. The van der Waals surface area contributed by atoms with Crippen LogP contribution in [-0.4, -0.2) is 20.3 Å². The van der Waals surface area contributed by atoms with E-state index in [1.165, 1.54) is 0 Å². The summed E-state index contributed by atoms with van der Waals surface area (Å²) in [6.07, 6.45) is 0.712. The summed E-state index contributed by atoms with van der Waals surface area (Å²) in [4.78, 5) is 4.54. The van der Waals surface area contributed by atoms with Crippen molar-refractivity contribution in [2.24, 2.45) is 12.8 Å². The lowest BCUT2D eigenvalue weighted by Gasteiger charge is -2.16. The molecule has 0 aliphatic heterocycles. The Labute approximate surface area is 101 Å². The van der Waals surface area contributed by atoms with Crippen molar-refractivity contribution in [2.45, 2.75) is 25.8 Å². The van der Waals surface area contributed by atoms with E-state index in [0.29, 0.717) is 6.42 Å². The van der Waals surface area contributed by atoms with Gasteiger partial charge in [0.2, 0.25) is 0 Å². The van der Waals surface area contributed by atoms with E-state index in [4.69, 9.17) is 5.73 Å². The molecule has 4 nitrogen and oxygen atoms in total. The highest BCUT2D eigenvalue weighted by Crippen LogP contribution is 2.16. The first-order chi connectivity index (χ1) is 7.96. The Morgan fingerprint density at radius 1 is 1.24 bits per heavy atom. The molecule has 0 spiro atoms. The van der Waals surface area contributed by atoms with Crippen LogP contribution in [0.2, 0.25) is 0 Å². The third-order valence-corrected chi connectivity index (χ3v) is 2.50. The first kappa shape index (κ1) is 11.8. The van der Waals surface area contributed by atoms with Crippen molar-refractivity contribution in [1.29, 1.82) is 0 Å². The van der Waals surface area contributed by atoms with Gasteiger partial charge in [0, 0.05) is 24.6 Å². The zero-order chi connectivity index (χ0) is 12.5. The van der Waals surface area contributed by atoms with Gasteiger partial charge in [-0.15, -0.1) is 0 Å². The predicted octanol–water partition coefficient (Wildman–Crippen LogP) is 1.76. The standard InChI is InChI=1S/C13H18N4/c1-13(2,14)9-11-15-12(16-17(11)3)10-7-5-4-6-8-10/h4-8H,9,14H2,1-3H3. The first-order valence-electron chi connectivity index (χ1n) is 5.70. The zero-order valence-electron chi connectivity index (χ0n) is 10.5. The van der Waals surface area contributed by atoms with Crippen LogP contribution in [0.25, 0.3) is 11.4 Å². The summed E-state index contributed by atoms with van der Waals surface area (Å²) in [5.41, 5.74) is 6.77. The first-order valence-corrected chi connectivity index (χ1v) is 5.70. The van der Waals surface area contributed by atoms with E-state index in [2.05, 4.69) is 10.1 Å². The molecule has 0 saturated heterocycles. The quantitative estimate of drug-likeness (QED) is 0.874. The Bertz CT molecular complexity index is 494. The molecule has 0 amide bonds. The number of nitrogens with two attached hydrogens (primary N) is 1. The van der Waals surface area contributed by atoms with Gasteiger partial charge in [-0.2, -0.15) is 5.10 Å². The highest BCUT2D eigenvalue weighted by atomic mass is 15.3. The van der Waals surface area contributed by atoms with Gasteiger partial charge in [0.05, 0.1) is 0 Å². The summed E-state index contributed by atoms with van der Waals surface area (Å²) in [5, 5.41) is 4.42. The highest BCUT2D eigenvalue weighted by Gasteiger charge is 2.17. The summed E-state index contributed by atoms with van der Waals surface area (Å²) in [6.45, 7) is 3.98. The summed E-state index contributed by atoms with van der Waals surface area (Å²) in [6, 6.07) is 9.96. The van der Waals surface area contributed by atoms with Crippen molar-refractivity contribution in [3.05, 3.63) is 36.2 Å². The minimum atomic E-state index is -0.269. The fourth-order valence-electron chi connectivity index (χ4n) is 1.69. The molecule has 2 N–H and O–H groups in total. The smallest absolute Gasteiger partial charge is 0.181 e. The van der Waals surface area contributed by atoms with Crippen molar-refractivity contribution < 1.29 is 0 Å². The Morgan fingerprint density at radius 2 is 1.88 bits per heavy atom. The maximum Gasteiger partial charge on any atom is 0.181 e. The van der Waals surface area contributed by atoms with Crippen LogP contribution in [0, 0.1) is 0 Å². The number of benzene rings is 1. The van der Waals surface area contributed by atoms with Gasteiger partial charge in [0.25, 0.3) is 0 Å². The van der Waals surface area contributed by atoms with Gasteiger partial charge in [0.15, 0.2) is 5.82 Å². The molecule has 2 aromatic rings. The van der Waals surface area contributed by atoms with Gasteiger partial charge >= 0.3 is 0 Å². The third kappa shape index (κ3) is 2.91. The van der Waals surface area contributed by atoms with E-state index in [0.717, 1.165) is 17.2 Å². The van der Waals surface area contributed by atoms with Gasteiger partial charge in [-0.1, -0.05) is 30.3 Å². The summed E-state index contributed by atoms with van der Waals surface area (Å²) in [5.74, 6) is 1.67. The summed E-state index contributed by atoms with van der Waals surface area (Å²) >= 11 is 0. The number of hydrogen-bond donors (Lipinski definition) is 1. The lowest BCUT2D eigenvalue weighted by Crippen LogP contribution is -2.35. The molecule has 2 rings (SSSR count). The zero-order valence-corrected chi connectivity index (χ0v) is 10.5. The molecule has 1 aromatic heterocycles. The Balaban J connectivity index is 2.31. The lowest BCUT2D eigenvalue weighted by molar-refractivity contribution is 0.488. The highest BCUT2D eigenvalue weighted by molar-refractivity contribution is 5.53. The lowest BCUT2D eigenvalue weighted by atomic mass is 10.0. The van der Waals surface area contributed by atoms with Gasteiger partial charge in [0.1, 0.15) is 5.82 Å². The predicted molar refractivity (Wildman–Crippen MR) is 68.4 cm³/mol. The fraction of sp³-hybridized carbons (Fsp3) is 0.385. The van der Waals surface area contributed by atoms with Crippen LogP contribution in [0.1, 0.15) is 19.7 Å². The number of rotatable bonds is 3. The molecule has 0 bridgehead atoms. The van der Waals surface area contributed by atoms with Crippen LogP contribution in [0.3, 0.4) is 0 Å². The molecule has 1 heterocycles. The average molecular weight is 230 g/mol. The average Bonchev–Trinajstić information content (AvgIpc) is 2.59. The van der Waals surface area contributed by atoms with Crippen LogP contribution in [0.15, 0.2) is 30.3 Å². The van der Waals surface area contributed by atoms with E-state index < -0.39 is 0 Å². The van der Waals surface area contributed by atoms with E-state index in [9.17, 15) is 0 Å². The van der Waals surface area contributed by atoms with Crippen molar-refractivity contribution >= 4 is 0 Å². The molecular formula is C13H18N4.